The minimum Gasteiger partial charge on any atom is -0.497 e. The van der Waals surface area contributed by atoms with E-state index in [1.165, 1.54) is 31.4 Å². The second-order valence-corrected chi connectivity index (χ2v) is 9.87. The number of nitrogens with one attached hydrogen (secondary N) is 1. The van der Waals surface area contributed by atoms with Crippen molar-refractivity contribution in [2.75, 3.05) is 20.2 Å². The molecule has 9 nitrogen and oxygen atoms in total. The van der Waals surface area contributed by atoms with Crippen LogP contribution in [0.5, 0.6) is 5.75 Å². The van der Waals surface area contributed by atoms with Crippen molar-refractivity contribution in [1.82, 2.24) is 19.2 Å². The lowest BCUT2D eigenvalue weighted by atomic mass is 9.94. The van der Waals surface area contributed by atoms with E-state index in [1.54, 1.807) is 47.1 Å². The van der Waals surface area contributed by atoms with Crippen LogP contribution in [-0.4, -0.2) is 49.0 Å². The third-order valence-corrected chi connectivity index (χ3v) is 7.41. The molecule has 0 aliphatic carbocycles. The summed E-state index contributed by atoms with van der Waals surface area (Å²) in [7, 11) is -0.594. The van der Waals surface area contributed by atoms with Crippen molar-refractivity contribution in [3.63, 3.8) is 0 Å². The molecule has 35 heavy (non-hydrogen) atoms. The summed E-state index contributed by atoms with van der Waals surface area (Å²) in [6.45, 7) is 0.235. The molecular formula is C24H24FN5O4S. The van der Waals surface area contributed by atoms with Crippen LogP contribution in [0, 0.1) is 17.1 Å². The van der Waals surface area contributed by atoms with Crippen molar-refractivity contribution in [2.24, 2.45) is 7.05 Å². The molecule has 182 valence electrons. The number of sulfonamides is 1. The van der Waals surface area contributed by atoms with Crippen molar-refractivity contribution in [2.45, 2.75) is 23.8 Å². The summed E-state index contributed by atoms with van der Waals surface area (Å²) in [4.78, 5) is 19.3. The zero-order chi connectivity index (χ0) is 25.2. The van der Waals surface area contributed by atoms with E-state index in [2.05, 4.69) is 9.71 Å². The van der Waals surface area contributed by atoms with E-state index in [-0.39, 0.29) is 29.3 Å². The van der Waals surface area contributed by atoms with Gasteiger partial charge in [-0.05, 0) is 29.8 Å². The summed E-state index contributed by atoms with van der Waals surface area (Å²) in [5, 5.41) is 9.07. The van der Waals surface area contributed by atoms with E-state index in [4.69, 9.17) is 10.00 Å². The number of halogens is 1. The second kappa shape index (κ2) is 9.85. The molecule has 1 aromatic heterocycles. The first-order valence-electron chi connectivity index (χ1n) is 10.9. The number of hydrogen-bond acceptors (Lipinski definition) is 6. The fraction of sp³-hybridized carbons (Fsp3) is 0.292. The van der Waals surface area contributed by atoms with Crippen LogP contribution in [0.4, 0.5) is 4.39 Å². The summed E-state index contributed by atoms with van der Waals surface area (Å²) in [6, 6.07) is 11.5. The van der Waals surface area contributed by atoms with Crippen LogP contribution < -0.4 is 9.46 Å². The Morgan fingerprint density at radius 3 is 2.83 bits per heavy atom. The molecule has 2 aromatic carbocycles. The third kappa shape index (κ3) is 4.89. The molecule has 0 saturated carbocycles. The van der Waals surface area contributed by atoms with E-state index in [0.29, 0.717) is 24.3 Å². The molecule has 0 fully saturated rings. The molecule has 2 heterocycles. The lowest BCUT2D eigenvalue weighted by Crippen LogP contribution is -2.42. The number of carbonyl (C=O) groups excluding carboxylic acids is 1. The smallest absolute Gasteiger partial charge is 0.240 e. The maximum Gasteiger partial charge on any atom is 0.240 e. The molecule has 1 atom stereocenters. The second-order valence-electron chi connectivity index (χ2n) is 8.10. The normalized spacial score (nSPS) is 15.4. The Morgan fingerprint density at radius 2 is 2.11 bits per heavy atom. The van der Waals surface area contributed by atoms with Crippen molar-refractivity contribution in [1.29, 1.82) is 5.26 Å². The van der Waals surface area contributed by atoms with Gasteiger partial charge in [-0.25, -0.2) is 22.5 Å². The number of nitriles is 1. The molecule has 0 bridgehead atoms. The lowest BCUT2D eigenvalue weighted by Gasteiger charge is -2.36. The highest BCUT2D eigenvalue weighted by molar-refractivity contribution is 7.89. The van der Waals surface area contributed by atoms with Gasteiger partial charge in [0.1, 0.15) is 17.6 Å². The minimum atomic E-state index is -3.84. The Hall–Kier alpha value is -3.75. The van der Waals surface area contributed by atoms with Crippen LogP contribution >= 0.6 is 0 Å². The number of nitrogens with zero attached hydrogens (tertiary/aromatic N) is 4. The summed E-state index contributed by atoms with van der Waals surface area (Å²) < 4.78 is 49.1. The molecular weight excluding hydrogens is 473 g/mol. The van der Waals surface area contributed by atoms with Gasteiger partial charge in [0.2, 0.25) is 15.9 Å². The number of hydrogen-bond donors (Lipinski definition) is 1. The van der Waals surface area contributed by atoms with Crippen LogP contribution in [-0.2, 0) is 28.3 Å². The van der Waals surface area contributed by atoms with Crippen molar-refractivity contribution in [3.05, 3.63) is 77.1 Å². The quantitative estimate of drug-likeness (QED) is 0.535. The fourth-order valence-electron chi connectivity index (χ4n) is 4.22. The fourth-order valence-corrected chi connectivity index (χ4v) is 5.29. The minimum absolute atomic E-state index is 0.0349. The Balaban J connectivity index is 1.54. The van der Waals surface area contributed by atoms with Crippen molar-refractivity contribution in [3.8, 4) is 11.8 Å². The van der Waals surface area contributed by atoms with Gasteiger partial charge in [0, 0.05) is 39.0 Å². The number of carbonyl (C=O) groups is 1. The monoisotopic (exact) mass is 497 g/mol. The third-order valence-electron chi connectivity index (χ3n) is 5.95. The van der Waals surface area contributed by atoms with E-state index < -0.39 is 21.9 Å². The molecule has 1 aliphatic heterocycles. The average molecular weight is 498 g/mol. The van der Waals surface area contributed by atoms with Gasteiger partial charge in [-0.2, -0.15) is 5.26 Å². The zero-order valence-electron chi connectivity index (χ0n) is 19.2. The topological polar surface area (TPSA) is 117 Å². The molecule has 4 rings (SSSR count). The standard InChI is InChI=1S/C24H24FN5O4S/c1-29-15-27-21-9-11-30(23(24(21)29)16-6-7-17(14-26)20(25)12-16)22(31)8-10-28-35(32,33)19-5-3-4-18(13-19)34-2/h3-7,12-13,15,23,28H,8-11H2,1-2H3. The first-order chi connectivity index (χ1) is 16.7. The summed E-state index contributed by atoms with van der Waals surface area (Å²) >= 11 is 0. The van der Waals surface area contributed by atoms with E-state index >= 15 is 0 Å². The number of methoxy groups -OCH3 is 1. The Kier molecular flexibility index (Phi) is 6.86. The van der Waals surface area contributed by atoms with Crippen LogP contribution in [0.25, 0.3) is 0 Å². The number of ether oxygens (including phenoxy) is 1. The number of fused-ring (bicyclic) bond motifs is 1. The predicted octanol–water partition coefficient (Wildman–Crippen LogP) is 2.28. The van der Waals surface area contributed by atoms with Crippen LogP contribution in [0.3, 0.4) is 0 Å². The molecule has 1 aliphatic rings. The van der Waals surface area contributed by atoms with E-state index in [0.717, 1.165) is 11.4 Å². The van der Waals surface area contributed by atoms with Crippen LogP contribution in [0.2, 0.25) is 0 Å². The van der Waals surface area contributed by atoms with Gasteiger partial charge >= 0.3 is 0 Å². The number of amides is 1. The number of aryl methyl sites for hydroxylation is 1. The first kappa shape index (κ1) is 24.4. The summed E-state index contributed by atoms with van der Waals surface area (Å²) in [5.41, 5.74) is 1.99. The average Bonchev–Trinajstić information content (AvgIpc) is 3.24. The van der Waals surface area contributed by atoms with Crippen molar-refractivity contribution >= 4 is 15.9 Å². The highest BCUT2D eigenvalue weighted by Gasteiger charge is 2.35. The largest absolute Gasteiger partial charge is 0.497 e. The van der Waals surface area contributed by atoms with E-state index in [1.807, 2.05) is 0 Å². The molecule has 0 spiro atoms. The summed E-state index contributed by atoms with van der Waals surface area (Å²) in [5.74, 6) is -0.556. The zero-order valence-corrected chi connectivity index (χ0v) is 20.0. The lowest BCUT2D eigenvalue weighted by molar-refractivity contribution is -0.133. The Labute approximate surface area is 202 Å². The van der Waals surface area contributed by atoms with Gasteiger partial charge in [-0.15, -0.1) is 0 Å². The molecule has 0 radical (unpaired) electrons. The number of rotatable bonds is 7. The van der Waals surface area contributed by atoms with Gasteiger partial charge in [0.15, 0.2) is 0 Å². The number of benzene rings is 2. The molecule has 1 N–H and O–H groups in total. The maximum atomic E-state index is 14.5. The number of imidazole rings is 1. The van der Waals surface area contributed by atoms with Crippen LogP contribution in [0.15, 0.2) is 53.7 Å². The molecule has 3 aromatic rings. The SMILES string of the molecule is COc1cccc(S(=O)(=O)NCCC(=O)N2CCc3ncn(C)c3C2c2ccc(C#N)c(F)c2)c1. The Bertz CT molecular complexity index is 1410. The van der Waals surface area contributed by atoms with Crippen LogP contribution in [0.1, 0.15) is 35.0 Å². The molecule has 11 heteroatoms. The van der Waals surface area contributed by atoms with Gasteiger partial charge < -0.3 is 14.2 Å². The highest BCUT2D eigenvalue weighted by Crippen LogP contribution is 2.35. The highest BCUT2D eigenvalue weighted by atomic mass is 32.2. The Morgan fingerprint density at radius 1 is 1.31 bits per heavy atom. The van der Waals surface area contributed by atoms with Gasteiger partial charge in [0.05, 0.1) is 41.3 Å². The predicted molar refractivity (Wildman–Crippen MR) is 124 cm³/mol. The van der Waals surface area contributed by atoms with E-state index in [9.17, 15) is 17.6 Å². The summed E-state index contributed by atoms with van der Waals surface area (Å²) in [6.07, 6.45) is 2.08. The van der Waals surface area contributed by atoms with Crippen molar-refractivity contribution < 1.29 is 22.3 Å². The van der Waals surface area contributed by atoms with Gasteiger partial charge in [-0.1, -0.05) is 12.1 Å². The number of aromatic nitrogens is 2. The molecule has 1 unspecified atom stereocenters. The first-order valence-corrected chi connectivity index (χ1v) is 12.4. The van der Waals surface area contributed by atoms with Gasteiger partial charge in [0.25, 0.3) is 0 Å². The molecule has 0 saturated heterocycles. The molecule has 1 amide bonds. The van der Waals surface area contributed by atoms with Gasteiger partial charge in [-0.3, -0.25) is 4.79 Å². The maximum absolute atomic E-state index is 14.5.